The van der Waals surface area contributed by atoms with Crippen LogP contribution in [0.15, 0.2) is 59.1 Å². The molecule has 0 N–H and O–H groups in total. The molecule has 30 heavy (non-hydrogen) atoms. The first kappa shape index (κ1) is 20.0. The van der Waals surface area contributed by atoms with Gasteiger partial charge in [0.2, 0.25) is 5.91 Å². The zero-order valence-electron chi connectivity index (χ0n) is 16.4. The summed E-state index contributed by atoms with van der Waals surface area (Å²) in [5, 5.41) is 22.0. The zero-order valence-corrected chi connectivity index (χ0v) is 17.3. The summed E-state index contributed by atoms with van der Waals surface area (Å²) in [5.74, 6) is -0.132. The Balaban J connectivity index is 1.67. The molecule has 4 rings (SSSR count). The van der Waals surface area contributed by atoms with Crippen LogP contribution in [0.25, 0.3) is 0 Å². The maximum atomic E-state index is 13.0. The molecule has 0 radical (unpaired) electrons. The molecule has 1 amide bonds. The van der Waals surface area contributed by atoms with Crippen LogP contribution < -0.4 is 4.90 Å². The van der Waals surface area contributed by atoms with E-state index >= 15 is 0 Å². The Morgan fingerprint density at radius 1 is 1.23 bits per heavy atom. The minimum atomic E-state index is -0.599. The highest BCUT2D eigenvalue weighted by atomic mass is 32.2. The molecule has 2 aliphatic heterocycles. The number of carbonyl (C=O) groups excluding carboxylic acids is 1. The van der Waals surface area contributed by atoms with Crippen molar-refractivity contribution < 1.29 is 9.72 Å². The number of rotatable bonds is 4. The average molecular weight is 420 g/mol. The van der Waals surface area contributed by atoms with Gasteiger partial charge in [-0.1, -0.05) is 49.0 Å². The van der Waals surface area contributed by atoms with Crippen LogP contribution in [0.1, 0.15) is 30.4 Å². The third kappa shape index (κ3) is 3.53. The molecule has 0 saturated carbocycles. The molecule has 0 unspecified atom stereocenters. The molecule has 2 aromatic rings. The van der Waals surface area contributed by atoms with Gasteiger partial charge in [0.25, 0.3) is 5.69 Å². The molecule has 0 bridgehead atoms. The van der Waals surface area contributed by atoms with E-state index in [9.17, 15) is 20.2 Å². The number of hydrogen-bond acceptors (Lipinski definition) is 6. The molecule has 1 fully saturated rings. The van der Waals surface area contributed by atoms with Crippen molar-refractivity contribution in [3.63, 3.8) is 0 Å². The predicted molar refractivity (Wildman–Crippen MR) is 116 cm³/mol. The molecule has 0 aliphatic carbocycles. The summed E-state index contributed by atoms with van der Waals surface area (Å²) < 4.78 is 0. The van der Waals surface area contributed by atoms with E-state index in [2.05, 4.69) is 30.0 Å². The molecule has 152 valence electrons. The Morgan fingerprint density at radius 2 is 1.97 bits per heavy atom. The topological polar surface area (TPSA) is 90.5 Å². The number of anilines is 1. The molecule has 2 heterocycles. The molecule has 7 nitrogen and oxygen atoms in total. The SMILES string of the molecule is CCc1ccc(N2CSC3=C(C#N)[C@H](c4ccccc4[N+](=O)[O-])CC(=O)N3C2)cc1. The number of nitrogens with zero attached hydrogens (tertiary/aromatic N) is 4. The summed E-state index contributed by atoms with van der Waals surface area (Å²) in [6.45, 7) is 2.47. The van der Waals surface area contributed by atoms with Crippen molar-refractivity contribution in [1.82, 2.24) is 4.90 Å². The summed E-state index contributed by atoms with van der Waals surface area (Å²) in [7, 11) is 0. The Bertz CT molecular complexity index is 1070. The smallest absolute Gasteiger partial charge is 0.273 e. The number of nitriles is 1. The second kappa shape index (κ2) is 8.20. The molecule has 1 atom stereocenters. The van der Waals surface area contributed by atoms with E-state index in [4.69, 9.17) is 0 Å². The summed E-state index contributed by atoms with van der Waals surface area (Å²) in [6, 6.07) is 16.8. The molecule has 8 heteroatoms. The normalized spacial score (nSPS) is 18.8. The van der Waals surface area contributed by atoms with Crippen molar-refractivity contribution in [3.05, 3.63) is 80.4 Å². The van der Waals surface area contributed by atoms with Gasteiger partial charge in [0.1, 0.15) is 0 Å². The third-order valence-electron chi connectivity index (χ3n) is 5.51. The molecule has 1 saturated heterocycles. The minimum absolute atomic E-state index is 0.0421. The number of nitro benzene ring substituents is 1. The molecular weight excluding hydrogens is 400 g/mol. The first-order valence-electron chi connectivity index (χ1n) is 9.68. The van der Waals surface area contributed by atoms with Gasteiger partial charge >= 0.3 is 0 Å². The standard InChI is InChI=1S/C22H20N4O3S/c1-2-15-7-9-16(10-8-15)24-13-25-21(27)11-18(19(12-23)22(25)30-14-24)17-5-3-4-6-20(17)26(28)29/h3-10,18H,2,11,13-14H2,1H3/t18-/m0/s1. The average Bonchev–Trinajstić information content (AvgIpc) is 2.79. The number of para-hydroxylation sites is 1. The van der Waals surface area contributed by atoms with Crippen molar-refractivity contribution in [1.29, 1.82) is 5.26 Å². The highest BCUT2D eigenvalue weighted by molar-refractivity contribution is 8.03. The van der Waals surface area contributed by atoms with Crippen LogP contribution in [0.4, 0.5) is 11.4 Å². The number of benzene rings is 2. The molecule has 2 aliphatic rings. The van der Waals surface area contributed by atoms with Gasteiger partial charge in [-0.2, -0.15) is 5.26 Å². The van der Waals surface area contributed by atoms with Gasteiger partial charge in [0.15, 0.2) is 0 Å². The van der Waals surface area contributed by atoms with E-state index in [-0.39, 0.29) is 18.0 Å². The highest BCUT2D eigenvalue weighted by Crippen LogP contribution is 2.45. The van der Waals surface area contributed by atoms with Crippen LogP contribution in [0.3, 0.4) is 0 Å². The Hall–Kier alpha value is -3.31. The molecule has 2 aromatic carbocycles. The zero-order chi connectivity index (χ0) is 21.3. The number of carbonyl (C=O) groups is 1. The van der Waals surface area contributed by atoms with Gasteiger partial charge in [-0.3, -0.25) is 19.8 Å². The predicted octanol–water partition coefficient (Wildman–Crippen LogP) is 4.38. The second-order valence-corrected chi connectivity index (χ2v) is 8.13. The van der Waals surface area contributed by atoms with Crippen LogP contribution in [0.5, 0.6) is 0 Å². The maximum Gasteiger partial charge on any atom is 0.273 e. The number of fused-ring (bicyclic) bond motifs is 1. The van der Waals surface area contributed by atoms with Crippen molar-refractivity contribution >= 4 is 29.0 Å². The van der Waals surface area contributed by atoms with E-state index < -0.39 is 10.8 Å². The van der Waals surface area contributed by atoms with Crippen molar-refractivity contribution in [2.24, 2.45) is 0 Å². The van der Waals surface area contributed by atoms with Crippen molar-refractivity contribution in [2.75, 3.05) is 17.4 Å². The Morgan fingerprint density at radius 3 is 2.63 bits per heavy atom. The quantitative estimate of drug-likeness (QED) is 0.539. The second-order valence-electron chi connectivity index (χ2n) is 7.20. The van der Waals surface area contributed by atoms with E-state index in [1.807, 2.05) is 12.1 Å². The summed E-state index contributed by atoms with van der Waals surface area (Å²) >= 11 is 1.43. The van der Waals surface area contributed by atoms with Crippen LogP contribution >= 0.6 is 11.8 Å². The van der Waals surface area contributed by atoms with E-state index in [0.29, 0.717) is 28.7 Å². The van der Waals surface area contributed by atoms with Crippen LogP contribution in [-0.2, 0) is 11.2 Å². The lowest BCUT2D eigenvalue weighted by Gasteiger charge is -2.42. The number of allylic oxidation sites excluding steroid dienone is 1. The highest BCUT2D eigenvalue weighted by Gasteiger charge is 2.40. The van der Waals surface area contributed by atoms with Gasteiger partial charge in [-0.25, -0.2) is 0 Å². The fourth-order valence-corrected chi connectivity index (χ4v) is 5.05. The largest absolute Gasteiger partial charge is 0.344 e. The lowest BCUT2D eigenvalue weighted by atomic mass is 9.85. The molecule has 0 spiro atoms. The number of thioether (sulfide) groups is 1. The van der Waals surface area contributed by atoms with Gasteiger partial charge in [-0.05, 0) is 24.1 Å². The number of nitro groups is 1. The first-order chi connectivity index (χ1) is 14.5. The van der Waals surface area contributed by atoms with Crippen LogP contribution in [-0.4, -0.2) is 28.3 Å². The summed E-state index contributed by atoms with van der Waals surface area (Å²) in [6.07, 6.45) is 1.01. The van der Waals surface area contributed by atoms with E-state index in [0.717, 1.165) is 12.1 Å². The van der Waals surface area contributed by atoms with Gasteiger partial charge in [0, 0.05) is 29.7 Å². The monoisotopic (exact) mass is 420 g/mol. The fourth-order valence-electron chi connectivity index (χ4n) is 3.88. The first-order valence-corrected chi connectivity index (χ1v) is 10.7. The lowest BCUT2D eigenvalue weighted by Crippen LogP contribution is -2.47. The van der Waals surface area contributed by atoms with E-state index in [1.54, 1.807) is 23.1 Å². The van der Waals surface area contributed by atoms with Gasteiger partial charge in [0.05, 0.1) is 34.1 Å². The summed E-state index contributed by atoms with van der Waals surface area (Å²) in [5.41, 5.74) is 3.05. The summed E-state index contributed by atoms with van der Waals surface area (Å²) in [4.78, 5) is 27.7. The third-order valence-corrected chi connectivity index (χ3v) is 6.67. The Labute approximate surface area is 178 Å². The van der Waals surface area contributed by atoms with Crippen molar-refractivity contribution in [3.8, 4) is 6.07 Å². The number of amides is 1. The maximum absolute atomic E-state index is 13.0. The fraction of sp³-hybridized carbons (Fsp3) is 0.273. The van der Waals surface area contributed by atoms with Crippen LogP contribution in [0.2, 0.25) is 0 Å². The van der Waals surface area contributed by atoms with Gasteiger partial charge in [-0.15, -0.1) is 0 Å². The van der Waals surface area contributed by atoms with Crippen LogP contribution in [0, 0.1) is 21.4 Å². The van der Waals surface area contributed by atoms with E-state index in [1.165, 1.54) is 23.4 Å². The molecular formula is C22H20N4O3S. The minimum Gasteiger partial charge on any atom is -0.344 e. The van der Waals surface area contributed by atoms with Gasteiger partial charge < -0.3 is 4.90 Å². The number of hydrogen-bond donors (Lipinski definition) is 0. The van der Waals surface area contributed by atoms with Crippen molar-refractivity contribution in [2.45, 2.75) is 25.7 Å². The number of aryl methyl sites for hydroxylation is 1. The molecule has 0 aromatic heterocycles. The lowest BCUT2D eigenvalue weighted by molar-refractivity contribution is -0.385. The Kier molecular flexibility index (Phi) is 5.46.